The Labute approximate surface area is 150 Å². The maximum absolute atomic E-state index is 11.6. The molecule has 0 aliphatic carbocycles. The number of carbonyl (C=O) groups is 2. The Balaban J connectivity index is 1.82. The number of carboxylic acid groups (broad SMARTS) is 1. The molecular formula is C18H32N4O3. The van der Waals surface area contributed by atoms with E-state index in [0.717, 1.165) is 37.7 Å². The Morgan fingerprint density at radius 1 is 1.00 bits per heavy atom. The summed E-state index contributed by atoms with van der Waals surface area (Å²) >= 11 is 0. The Kier molecular flexibility index (Phi) is 11.1. The topological polar surface area (TPSA) is 96.2 Å². The van der Waals surface area contributed by atoms with Gasteiger partial charge in [0.2, 0.25) is 0 Å². The van der Waals surface area contributed by atoms with Gasteiger partial charge in [0.1, 0.15) is 0 Å². The highest BCUT2D eigenvalue weighted by Crippen LogP contribution is 2.10. The lowest BCUT2D eigenvalue weighted by Gasteiger charge is -2.06. The second kappa shape index (κ2) is 13.3. The van der Waals surface area contributed by atoms with Crippen LogP contribution in [-0.2, 0) is 18.4 Å². The molecule has 25 heavy (non-hydrogen) atoms. The first kappa shape index (κ1) is 21.0. The number of carboxylic acids is 1. The van der Waals surface area contributed by atoms with Gasteiger partial charge < -0.3 is 15.7 Å². The summed E-state index contributed by atoms with van der Waals surface area (Å²) in [5.74, 6) is -0.695. The number of aromatic nitrogens is 2. The fourth-order valence-electron chi connectivity index (χ4n) is 2.65. The highest BCUT2D eigenvalue weighted by molar-refractivity contribution is 5.73. The molecule has 0 bridgehead atoms. The van der Waals surface area contributed by atoms with Crippen molar-refractivity contribution in [2.45, 2.75) is 70.8 Å². The van der Waals surface area contributed by atoms with Crippen LogP contribution in [0, 0.1) is 0 Å². The van der Waals surface area contributed by atoms with Crippen molar-refractivity contribution in [2.75, 3.05) is 6.54 Å². The van der Waals surface area contributed by atoms with Crippen molar-refractivity contribution in [1.29, 1.82) is 0 Å². The van der Waals surface area contributed by atoms with Crippen molar-refractivity contribution in [2.24, 2.45) is 7.05 Å². The van der Waals surface area contributed by atoms with Gasteiger partial charge in [-0.15, -0.1) is 0 Å². The number of amides is 2. The minimum absolute atomic E-state index is 0.134. The number of rotatable bonds is 14. The Morgan fingerprint density at radius 2 is 1.60 bits per heavy atom. The first-order valence-electron chi connectivity index (χ1n) is 9.29. The lowest BCUT2D eigenvalue weighted by molar-refractivity contribution is -0.137. The number of hydrogen-bond acceptors (Lipinski definition) is 3. The highest BCUT2D eigenvalue weighted by Gasteiger charge is 2.01. The SMILES string of the molecule is Cn1cc(CNC(=O)NCCCCCCCCCCCC(=O)O)cn1. The summed E-state index contributed by atoms with van der Waals surface area (Å²) in [6.45, 7) is 1.19. The van der Waals surface area contributed by atoms with E-state index in [1.807, 2.05) is 13.2 Å². The zero-order valence-electron chi connectivity index (χ0n) is 15.3. The van der Waals surface area contributed by atoms with Crippen LogP contribution in [-0.4, -0.2) is 33.4 Å². The second-order valence-corrected chi connectivity index (χ2v) is 6.46. The van der Waals surface area contributed by atoms with Gasteiger partial charge in [0.15, 0.2) is 0 Å². The largest absolute Gasteiger partial charge is 0.481 e. The molecule has 7 nitrogen and oxygen atoms in total. The average Bonchev–Trinajstić information content (AvgIpc) is 2.99. The molecule has 1 heterocycles. The normalized spacial score (nSPS) is 10.6. The van der Waals surface area contributed by atoms with E-state index in [1.165, 1.54) is 25.7 Å². The molecule has 142 valence electrons. The molecule has 0 spiro atoms. The summed E-state index contributed by atoms with van der Waals surface area (Å²) in [5, 5.41) is 18.3. The van der Waals surface area contributed by atoms with Gasteiger partial charge in [-0.25, -0.2) is 4.79 Å². The molecule has 3 N–H and O–H groups in total. The zero-order valence-corrected chi connectivity index (χ0v) is 15.3. The second-order valence-electron chi connectivity index (χ2n) is 6.46. The van der Waals surface area contributed by atoms with E-state index in [0.29, 0.717) is 19.5 Å². The summed E-state index contributed by atoms with van der Waals surface area (Å²) < 4.78 is 1.71. The molecule has 0 atom stereocenters. The van der Waals surface area contributed by atoms with Crippen LogP contribution < -0.4 is 10.6 Å². The van der Waals surface area contributed by atoms with Gasteiger partial charge in [-0.3, -0.25) is 9.48 Å². The molecule has 0 aliphatic heterocycles. The lowest BCUT2D eigenvalue weighted by atomic mass is 10.1. The van der Waals surface area contributed by atoms with E-state index in [4.69, 9.17) is 5.11 Å². The number of unbranched alkanes of at least 4 members (excludes halogenated alkanes) is 8. The summed E-state index contributed by atoms with van der Waals surface area (Å²) in [4.78, 5) is 22.0. The van der Waals surface area contributed by atoms with Crippen molar-refractivity contribution >= 4 is 12.0 Å². The third kappa shape index (κ3) is 12.0. The molecule has 0 aliphatic rings. The van der Waals surface area contributed by atoms with Crippen LogP contribution in [0.1, 0.15) is 69.8 Å². The highest BCUT2D eigenvalue weighted by atomic mass is 16.4. The van der Waals surface area contributed by atoms with Gasteiger partial charge in [-0.2, -0.15) is 5.10 Å². The first-order chi connectivity index (χ1) is 12.1. The molecule has 1 rings (SSSR count). The van der Waals surface area contributed by atoms with Gasteiger partial charge in [0, 0.05) is 38.3 Å². The number of aryl methyl sites for hydroxylation is 1. The quantitative estimate of drug-likeness (QED) is 0.448. The van der Waals surface area contributed by atoms with Crippen LogP contribution in [0.25, 0.3) is 0 Å². The summed E-state index contributed by atoms with van der Waals surface area (Å²) in [6, 6.07) is -0.134. The molecule has 1 aromatic rings. The first-order valence-corrected chi connectivity index (χ1v) is 9.29. The third-order valence-electron chi connectivity index (χ3n) is 4.06. The Bertz CT molecular complexity index is 502. The maximum atomic E-state index is 11.6. The smallest absolute Gasteiger partial charge is 0.315 e. The summed E-state index contributed by atoms with van der Waals surface area (Å²) in [5.41, 5.74) is 0.987. The van der Waals surface area contributed by atoms with Crippen LogP contribution in [0.3, 0.4) is 0 Å². The molecule has 0 radical (unpaired) electrons. The van der Waals surface area contributed by atoms with E-state index in [9.17, 15) is 9.59 Å². The maximum Gasteiger partial charge on any atom is 0.315 e. The number of nitrogens with zero attached hydrogens (tertiary/aromatic N) is 2. The molecule has 1 aromatic heterocycles. The van der Waals surface area contributed by atoms with Crippen LogP contribution in [0.5, 0.6) is 0 Å². The molecule has 2 amide bonds. The number of carbonyl (C=O) groups excluding carboxylic acids is 1. The zero-order chi connectivity index (χ0) is 18.3. The van der Waals surface area contributed by atoms with E-state index in [1.54, 1.807) is 10.9 Å². The lowest BCUT2D eigenvalue weighted by Crippen LogP contribution is -2.35. The van der Waals surface area contributed by atoms with Crippen molar-refractivity contribution < 1.29 is 14.7 Å². The summed E-state index contributed by atoms with van der Waals surface area (Å²) in [6.07, 6.45) is 13.8. The van der Waals surface area contributed by atoms with Gasteiger partial charge in [0.25, 0.3) is 0 Å². The molecule has 0 fully saturated rings. The molecular weight excluding hydrogens is 320 g/mol. The van der Waals surface area contributed by atoms with E-state index < -0.39 is 5.97 Å². The molecule has 0 saturated carbocycles. The van der Waals surface area contributed by atoms with Gasteiger partial charge >= 0.3 is 12.0 Å². The fourth-order valence-corrected chi connectivity index (χ4v) is 2.65. The number of aliphatic carboxylic acids is 1. The van der Waals surface area contributed by atoms with E-state index >= 15 is 0 Å². The number of nitrogens with one attached hydrogen (secondary N) is 2. The summed E-state index contributed by atoms with van der Waals surface area (Å²) in [7, 11) is 1.85. The van der Waals surface area contributed by atoms with Crippen molar-refractivity contribution in [3.63, 3.8) is 0 Å². The van der Waals surface area contributed by atoms with E-state index in [-0.39, 0.29) is 6.03 Å². The fraction of sp³-hybridized carbons (Fsp3) is 0.722. The van der Waals surface area contributed by atoms with Crippen LogP contribution in [0.15, 0.2) is 12.4 Å². The van der Waals surface area contributed by atoms with Gasteiger partial charge in [-0.05, 0) is 12.8 Å². The predicted octanol–water partition coefficient (Wildman–Crippen LogP) is 3.20. The van der Waals surface area contributed by atoms with Crippen molar-refractivity contribution in [3.8, 4) is 0 Å². The minimum atomic E-state index is -0.695. The Morgan fingerprint density at radius 3 is 2.16 bits per heavy atom. The third-order valence-corrected chi connectivity index (χ3v) is 4.06. The standard InChI is InChI=1S/C18H32N4O3/c1-22-15-16(14-21-22)13-20-18(25)19-12-10-8-6-4-2-3-5-7-9-11-17(23)24/h14-15H,2-13H2,1H3,(H,23,24)(H2,19,20,25). The van der Waals surface area contributed by atoms with E-state index in [2.05, 4.69) is 15.7 Å². The van der Waals surface area contributed by atoms with Crippen molar-refractivity contribution in [3.05, 3.63) is 18.0 Å². The Hall–Kier alpha value is -2.05. The van der Waals surface area contributed by atoms with Crippen LogP contribution in [0.4, 0.5) is 4.79 Å². The number of hydrogen-bond donors (Lipinski definition) is 3. The number of urea groups is 1. The average molecular weight is 352 g/mol. The van der Waals surface area contributed by atoms with Crippen LogP contribution in [0.2, 0.25) is 0 Å². The monoisotopic (exact) mass is 352 g/mol. The van der Waals surface area contributed by atoms with Gasteiger partial charge in [-0.1, -0.05) is 44.9 Å². The predicted molar refractivity (Wildman–Crippen MR) is 97.3 cm³/mol. The van der Waals surface area contributed by atoms with Crippen molar-refractivity contribution in [1.82, 2.24) is 20.4 Å². The van der Waals surface area contributed by atoms with Crippen LogP contribution >= 0.6 is 0 Å². The van der Waals surface area contributed by atoms with Gasteiger partial charge in [0.05, 0.1) is 6.20 Å². The molecule has 0 unspecified atom stereocenters. The minimum Gasteiger partial charge on any atom is -0.481 e. The molecule has 0 aromatic carbocycles. The molecule has 0 saturated heterocycles. The molecule has 7 heteroatoms.